The number of furan rings is 1. The summed E-state index contributed by atoms with van der Waals surface area (Å²) in [5.74, 6) is 0.225. The van der Waals surface area contributed by atoms with Gasteiger partial charge in [0.25, 0.3) is 5.91 Å². The highest BCUT2D eigenvalue weighted by Crippen LogP contribution is 2.27. The van der Waals surface area contributed by atoms with Crippen LogP contribution in [0.3, 0.4) is 0 Å². The molecule has 0 atom stereocenters. The summed E-state index contributed by atoms with van der Waals surface area (Å²) in [6.45, 7) is 1.89. The molecule has 0 aliphatic rings. The van der Waals surface area contributed by atoms with E-state index in [1.807, 2.05) is 13.0 Å². The van der Waals surface area contributed by atoms with Crippen LogP contribution in [-0.2, 0) is 4.79 Å². The molecule has 0 saturated carbocycles. The van der Waals surface area contributed by atoms with Gasteiger partial charge in [-0.1, -0.05) is 45.9 Å². The predicted octanol–water partition coefficient (Wildman–Crippen LogP) is 4.73. The lowest BCUT2D eigenvalue weighted by Crippen LogP contribution is -2.13. The van der Waals surface area contributed by atoms with E-state index in [0.29, 0.717) is 26.6 Å². The van der Waals surface area contributed by atoms with Crippen molar-refractivity contribution in [3.05, 3.63) is 58.9 Å². The smallest absolute Gasteiger partial charge is 0.279 e. The summed E-state index contributed by atoms with van der Waals surface area (Å²) in [7, 11) is 0. The van der Waals surface area contributed by atoms with Gasteiger partial charge in [0, 0.05) is 16.8 Å². The van der Waals surface area contributed by atoms with E-state index in [1.165, 1.54) is 24.1 Å². The minimum Gasteiger partial charge on any atom is -0.461 e. The monoisotopic (exact) mass is 475 g/mol. The standard InChI is InChI=1S/C19H14ClN5O4S2/c1-10-4-5-11(7-12(10)20)21-16(26)9-30-19-24-23-18(31-19)22-17(27)13-8-15(29-25-13)14-3-2-6-28-14/h2-8H,9H2,1H3,(H,21,26)(H,22,23,27). The third kappa shape index (κ3) is 5.32. The third-order valence-electron chi connectivity index (χ3n) is 3.92. The highest BCUT2D eigenvalue weighted by Gasteiger charge is 2.17. The maximum atomic E-state index is 12.3. The maximum absolute atomic E-state index is 12.3. The Balaban J connectivity index is 1.29. The molecule has 0 fully saturated rings. The van der Waals surface area contributed by atoms with Crippen molar-refractivity contribution in [1.82, 2.24) is 15.4 Å². The van der Waals surface area contributed by atoms with E-state index in [9.17, 15) is 9.59 Å². The van der Waals surface area contributed by atoms with E-state index in [4.69, 9.17) is 20.5 Å². The number of hydrogen-bond acceptors (Lipinski definition) is 9. The van der Waals surface area contributed by atoms with Gasteiger partial charge in [-0.2, -0.15) is 0 Å². The second-order valence-corrected chi connectivity index (χ2v) is 8.79. The van der Waals surface area contributed by atoms with Gasteiger partial charge in [-0.25, -0.2) is 0 Å². The maximum Gasteiger partial charge on any atom is 0.279 e. The number of rotatable bonds is 7. The molecule has 0 saturated heterocycles. The molecule has 4 rings (SSSR count). The number of aryl methyl sites for hydroxylation is 1. The number of carbonyl (C=O) groups is 2. The van der Waals surface area contributed by atoms with Crippen LogP contribution in [-0.4, -0.2) is 32.9 Å². The summed E-state index contributed by atoms with van der Waals surface area (Å²) in [4.78, 5) is 24.5. The zero-order valence-corrected chi connectivity index (χ0v) is 18.3. The molecule has 12 heteroatoms. The molecule has 0 aliphatic heterocycles. The Hall–Kier alpha value is -3.15. The van der Waals surface area contributed by atoms with Gasteiger partial charge in [-0.15, -0.1) is 10.2 Å². The van der Waals surface area contributed by atoms with Crippen molar-refractivity contribution in [2.45, 2.75) is 11.3 Å². The zero-order valence-electron chi connectivity index (χ0n) is 15.9. The zero-order chi connectivity index (χ0) is 21.8. The molecule has 0 unspecified atom stereocenters. The molecule has 3 heterocycles. The highest BCUT2D eigenvalue weighted by atomic mass is 35.5. The van der Waals surface area contributed by atoms with E-state index in [-0.39, 0.29) is 22.5 Å². The molecular formula is C19H14ClN5O4S2. The summed E-state index contributed by atoms with van der Waals surface area (Å²) >= 11 is 8.41. The van der Waals surface area contributed by atoms with Crippen LogP contribution < -0.4 is 10.6 Å². The number of amides is 2. The van der Waals surface area contributed by atoms with E-state index >= 15 is 0 Å². The Morgan fingerprint density at radius 2 is 2.03 bits per heavy atom. The van der Waals surface area contributed by atoms with Crippen molar-refractivity contribution in [1.29, 1.82) is 0 Å². The fourth-order valence-electron chi connectivity index (χ4n) is 2.39. The second kappa shape index (κ2) is 9.33. The minimum absolute atomic E-state index is 0.0759. The number of nitrogens with one attached hydrogen (secondary N) is 2. The fraction of sp³-hybridized carbons (Fsp3) is 0.105. The van der Waals surface area contributed by atoms with Crippen molar-refractivity contribution in [3.63, 3.8) is 0 Å². The van der Waals surface area contributed by atoms with Crippen molar-refractivity contribution in [3.8, 4) is 11.5 Å². The van der Waals surface area contributed by atoms with Crippen molar-refractivity contribution in [2.75, 3.05) is 16.4 Å². The van der Waals surface area contributed by atoms with Crippen molar-refractivity contribution >= 4 is 57.3 Å². The molecule has 0 spiro atoms. The van der Waals surface area contributed by atoms with Crippen LogP contribution in [0.4, 0.5) is 10.8 Å². The molecule has 0 bridgehead atoms. The number of hydrogen-bond donors (Lipinski definition) is 2. The number of thioether (sulfide) groups is 1. The first-order valence-electron chi connectivity index (χ1n) is 8.82. The first-order valence-corrected chi connectivity index (χ1v) is 11.0. The van der Waals surface area contributed by atoms with E-state index in [0.717, 1.165) is 16.9 Å². The molecular weight excluding hydrogens is 462 g/mol. The van der Waals surface area contributed by atoms with E-state index in [2.05, 4.69) is 26.0 Å². The fourth-order valence-corrected chi connectivity index (χ4v) is 4.12. The van der Waals surface area contributed by atoms with Crippen LogP contribution in [0.25, 0.3) is 11.5 Å². The van der Waals surface area contributed by atoms with Crippen LogP contribution in [0.2, 0.25) is 5.02 Å². The Morgan fingerprint density at radius 1 is 1.16 bits per heavy atom. The normalized spacial score (nSPS) is 10.8. The molecule has 2 amide bonds. The number of aromatic nitrogens is 3. The summed E-state index contributed by atoms with van der Waals surface area (Å²) in [5.41, 5.74) is 1.63. The number of halogens is 1. The van der Waals surface area contributed by atoms with Crippen LogP contribution >= 0.6 is 34.7 Å². The lowest BCUT2D eigenvalue weighted by molar-refractivity contribution is -0.113. The lowest BCUT2D eigenvalue weighted by Gasteiger charge is -2.05. The van der Waals surface area contributed by atoms with Crippen LogP contribution in [0.5, 0.6) is 0 Å². The van der Waals surface area contributed by atoms with Crippen LogP contribution in [0.1, 0.15) is 16.1 Å². The summed E-state index contributed by atoms with van der Waals surface area (Å²) in [6, 6.07) is 10.2. The van der Waals surface area contributed by atoms with E-state index in [1.54, 1.807) is 24.3 Å². The topological polar surface area (TPSA) is 123 Å². The molecule has 0 radical (unpaired) electrons. The summed E-state index contributed by atoms with van der Waals surface area (Å²) in [6.07, 6.45) is 1.49. The van der Waals surface area contributed by atoms with Gasteiger partial charge in [0.1, 0.15) is 0 Å². The first-order chi connectivity index (χ1) is 15.0. The molecule has 3 aromatic heterocycles. The second-order valence-electron chi connectivity index (χ2n) is 6.18. The molecule has 1 aromatic carbocycles. The number of benzene rings is 1. The largest absolute Gasteiger partial charge is 0.461 e. The molecule has 2 N–H and O–H groups in total. The number of anilines is 2. The highest BCUT2D eigenvalue weighted by molar-refractivity contribution is 8.01. The van der Waals surface area contributed by atoms with Crippen molar-refractivity contribution in [2.24, 2.45) is 0 Å². The first kappa shape index (κ1) is 21.1. The molecule has 4 aromatic rings. The number of carbonyl (C=O) groups excluding carboxylic acids is 2. The summed E-state index contributed by atoms with van der Waals surface area (Å²) in [5, 5.41) is 17.8. The molecule has 158 valence electrons. The number of nitrogens with zero attached hydrogens (tertiary/aromatic N) is 3. The van der Waals surface area contributed by atoms with Gasteiger partial charge in [-0.05, 0) is 36.8 Å². The van der Waals surface area contributed by atoms with Gasteiger partial charge >= 0.3 is 0 Å². The molecule has 0 aliphatic carbocycles. The van der Waals surface area contributed by atoms with Gasteiger partial charge in [0.05, 0.1) is 12.0 Å². The third-order valence-corrected chi connectivity index (χ3v) is 6.30. The van der Waals surface area contributed by atoms with Gasteiger partial charge in [0.15, 0.2) is 15.8 Å². The average Bonchev–Trinajstić information content (AvgIpc) is 3.50. The Morgan fingerprint density at radius 3 is 2.81 bits per heavy atom. The molecule has 31 heavy (non-hydrogen) atoms. The van der Waals surface area contributed by atoms with Gasteiger partial charge < -0.3 is 14.3 Å². The van der Waals surface area contributed by atoms with Gasteiger partial charge in [-0.3, -0.25) is 14.9 Å². The van der Waals surface area contributed by atoms with Crippen LogP contribution in [0.15, 0.2) is 55.9 Å². The average molecular weight is 476 g/mol. The minimum atomic E-state index is -0.497. The summed E-state index contributed by atoms with van der Waals surface area (Å²) < 4.78 is 10.8. The van der Waals surface area contributed by atoms with E-state index < -0.39 is 5.91 Å². The van der Waals surface area contributed by atoms with Crippen LogP contribution in [0, 0.1) is 6.92 Å². The SMILES string of the molecule is Cc1ccc(NC(=O)CSc2nnc(NC(=O)c3cc(-c4ccco4)on3)s2)cc1Cl. The van der Waals surface area contributed by atoms with Crippen molar-refractivity contribution < 1.29 is 18.5 Å². The Labute approximate surface area is 189 Å². The lowest BCUT2D eigenvalue weighted by atomic mass is 10.2. The molecule has 9 nitrogen and oxygen atoms in total. The quantitative estimate of drug-likeness (QED) is 0.290. The Bertz CT molecular complexity index is 1220. The van der Waals surface area contributed by atoms with Gasteiger partial charge in [0.2, 0.25) is 16.8 Å². The Kier molecular flexibility index (Phi) is 6.35. The predicted molar refractivity (Wildman–Crippen MR) is 118 cm³/mol.